The van der Waals surface area contributed by atoms with E-state index in [4.69, 9.17) is 11.6 Å². The van der Waals surface area contributed by atoms with Crippen molar-refractivity contribution in [2.45, 2.75) is 26.7 Å². The Kier molecular flexibility index (Phi) is 4.57. The van der Waals surface area contributed by atoms with Gasteiger partial charge in [0.15, 0.2) is 0 Å². The summed E-state index contributed by atoms with van der Waals surface area (Å²) in [6.45, 7) is 5.44. The minimum atomic E-state index is -0.504. The van der Waals surface area contributed by atoms with Gasteiger partial charge in [-0.2, -0.15) is 5.10 Å². The van der Waals surface area contributed by atoms with Gasteiger partial charge in [0.1, 0.15) is 5.56 Å². The number of hydrogen-bond acceptors (Lipinski definition) is 4. The van der Waals surface area contributed by atoms with Crippen LogP contribution in [-0.2, 0) is 0 Å². The van der Waals surface area contributed by atoms with Gasteiger partial charge in [0.25, 0.3) is 11.5 Å². The summed E-state index contributed by atoms with van der Waals surface area (Å²) in [7, 11) is 0. The largest absolute Gasteiger partial charge is 0.370 e. The standard InChI is InChI=1S/C17H19ClN4O2/c1-10-11(2)20-21-17(24)15(10)16(23)19-12-5-6-14(13(18)9-12)22-7-3-4-8-22/h5-6,9H,3-4,7-8H2,1-2H3,(H,19,23)(H,21,24). The summed E-state index contributed by atoms with van der Waals surface area (Å²) in [5, 5.41) is 9.51. The zero-order chi connectivity index (χ0) is 17.3. The van der Waals surface area contributed by atoms with E-state index in [1.807, 2.05) is 6.07 Å². The van der Waals surface area contributed by atoms with Crippen molar-refractivity contribution in [3.8, 4) is 0 Å². The van der Waals surface area contributed by atoms with Crippen molar-refractivity contribution < 1.29 is 4.79 Å². The van der Waals surface area contributed by atoms with Gasteiger partial charge in [-0.25, -0.2) is 5.10 Å². The predicted octanol–water partition coefficient (Wildman–Crippen LogP) is 2.89. The molecule has 1 aliphatic rings. The first-order valence-corrected chi connectivity index (χ1v) is 8.27. The normalized spacial score (nSPS) is 14.0. The smallest absolute Gasteiger partial charge is 0.277 e. The molecule has 1 aliphatic heterocycles. The van der Waals surface area contributed by atoms with E-state index < -0.39 is 11.5 Å². The average molecular weight is 347 g/mol. The second-order valence-corrected chi connectivity index (χ2v) is 6.36. The highest BCUT2D eigenvalue weighted by Crippen LogP contribution is 2.31. The van der Waals surface area contributed by atoms with E-state index in [2.05, 4.69) is 20.4 Å². The Morgan fingerprint density at radius 2 is 2.00 bits per heavy atom. The highest BCUT2D eigenvalue weighted by atomic mass is 35.5. The van der Waals surface area contributed by atoms with Crippen LogP contribution < -0.4 is 15.8 Å². The van der Waals surface area contributed by atoms with Crippen molar-refractivity contribution in [3.63, 3.8) is 0 Å². The molecule has 1 amide bonds. The zero-order valence-corrected chi connectivity index (χ0v) is 14.4. The van der Waals surface area contributed by atoms with E-state index in [0.717, 1.165) is 31.6 Å². The summed E-state index contributed by atoms with van der Waals surface area (Å²) in [4.78, 5) is 26.6. The molecule has 0 atom stereocenters. The van der Waals surface area contributed by atoms with Crippen LogP contribution >= 0.6 is 11.6 Å². The molecule has 7 heteroatoms. The molecule has 6 nitrogen and oxygen atoms in total. The van der Waals surface area contributed by atoms with Crippen LogP contribution in [0.25, 0.3) is 0 Å². The molecule has 0 spiro atoms. The number of nitrogens with zero attached hydrogens (tertiary/aromatic N) is 2. The summed E-state index contributed by atoms with van der Waals surface area (Å²) >= 11 is 6.36. The van der Waals surface area contributed by atoms with E-state index in [0.29, 0.717) is 22.0 Å². The Morgan fingerprint density at radius 1 is 1.29 bits per heavy atom. The number of carbonyl (C=O) groups is 1. The molecule has 1 saturated heterocycles. The van der Waals surface area contributed by atoms with E-state index >= 15 is 0 Å². The summed E-state index contributed by atoms with van der Waals surface area (Å²) in [6, 6.07) is 5.41. The van der Waals surface area contributed by atoms with Crippen LogP contribution in [0, 0.1) is 13.8 Å². The number of anilines is 2. The number of hydrogen-bond donors (Lipinski definition) is 2. The molecule has 2 N–H and O–H groups in total. The molecule has 0 unspecified atom stereocenters. The van der Waals surface area contributed by atoms with E-state index in [1.54, 1.807) is 26.0 Å². The maximum atomic E-state index is 12.4. The Balaban J connectivity index is 1.84. The molecule has 0 aliphatic carbocycles. The van der Waals surface area contributed by atoms with Crippen LogP contribution in [-0.4, -0.2) is 29.2 Å². The lowest BCUT2D eigenvalue weighted by atomic mass is 10.1. The van der Waals surface area contributed by atoms with Gasteiger partial charge in [-0.3, -0.25) is 9.59 Å². The fraction of sp³-hybridized carbons (Fsp3) is 0.353. The second kappa shape index (κ2) is 6.65. The van der Waals surface area contributed by atoms with Crippen molar-refractivity contribution in [2.75, 3.05) is 23.3 Å². The number of aromatic amines is 1. The molecular weight excluding hydrogens is 328 g/mol. The summed E-state index contributed by atoms with van der Waals surface area (Å²) < 4.78 is 0. The van der Waals surface area contributed by atoms with Gasteiger partial charge in [-0.05, 0) is 50.5 Å². The van der Waals surface area contributed by atoms with E-state index in [-0.39, 0.29) is 5.56 Å². The van der Waals surface area contributed by atoms with Crippen molar-refractivity contribution in [1.82, 2.24) is 10.2 Å². The molecular formula is C17H19ClN4O2. The predicted molar refractivity (Wildman–Crippen MR) is 95.2 cm³/mol. The summed E-state index contributed by atoms with van der Waals surface area (Å²) in [5.74, 6) is -0.468. The van der Waals surface area contributed by atoms with Crippen LogP contribution in [0.4, 0.5) is 11.4 Å². The lowest BCUT2D eigenvalue weighted by Gasteiger charge is -2.19. The second-order valence-electron chi connectivity index (χ2n) is 5.95. The minimum Gasteiger partial charge on any atom is -0.370 e. The van der Waals surface area contributed by atoms with Gasteiger partial charge in [0.2, 0.25) is 0 Å². The minimum absolute atomic E-state index is 0.0715. The first kappa shape index (κ1) is 16.5. The molecule has 0 saturated carbocycles. The average Bonchev–Trinajstić information content (AvgIpc) is 3.05. The maximum absolute atomic E-state index is 12.4. The third kappa shape index (κ3) is 3.14. The highest BCUT2D eigenvalue weighted by molar-refractivity contribution is 6.33. The molecule has 1 aromatic heterocycles. The number of rotatable bonds is 3. The Bertz CT molecular complexity index is 841. The van der Waals surface area contributed by atoms with Gasteiger partial charge in [-0.1, -0.05) is 11.6 Å². The van der Waals surface area contributed by atoms with E-state index in [9.17, 15) is 9.59 Å². The maximum Gasteiger partial charge on any atom is 0.277 e. The molecule has 2 aromatic rings. The van der Waals surface area contributed by atoms with Crippen LogP contribution in [0.2, 0.25) is 5.02 Å². The van der Waals surface area contributed by atoms with Gasteiger partial charge >= 0.3 is 0 Å². The van der Waals surface area contributed by atoms with Gasteiger partial charge in [-0.15, -0.1) is 0 Å². The molecule has 24 heavy (non-hydrogen) atoms. The lowest BCUT2D eigenvalue weighted by molar-refractivity contribution is 0.102. The molecule has 126 valence electrons. The van der Waals surface area contributed by atoms with Crippen LogP contribution in [0.5, 0.6) is 0 Å². The number of H-pyrrole nitrogens is 1. The Morgan fingerprint density at radius 3 is 2.67 bits per heavy atom. The third-order valence-corrected chi connectivity index (χ3v) is 4.65. The van der Waals surface area contributed by atoms with Crippen LogP contribution in [0.15, 0.2) is 23.0 Å². The molecule has 0 radical (unpaired) electrons. The van der Waals surface area contributed by atoms with Crippen molar-refractivity contribution in [3.05, 3.63) is 50.4 Å². The van der Waals surface area contributed by atoms with E-state index in [1.165, 1.54) is 0 Å². The first-order chi connectivity index (χ1) is 11.5. The number of nitrogens with one attached hydrogen (secondary N) is 2. The molecule has 1 fully saturated rings. The monoisotopic (exact) mass is 346 g/mol. The summed E-state index contributed by atoms with van der Waals surface area (Å²) in [5.41, 5.74) is 2.28. The quantitative estimate of drug-likeness (QED) is 0.895. The fourth-order valence-corrected chi connectivity index (χ4v) is 3.19. The summed E-state index contributed by atoms with van der Waals surface area (Å²) in [6.07, 6.45) is 2.33. The fourth-order valence-electron chi connectivity index (χ4n) is 2.89. The van der Waals surface area contributed by atoms with Gasteiger partial charge in [0, 0.05) is 18.8 Å². The van der Waals surface area contributed by atoms with Crippen molar-refractivity contribution >= 4 is 28.9 Å². The first-order valence-electron chi connectivity index (χ1n) is 7.89. The topological polar surface area (TPSA) is 78.1 Å². The number of aromatic nitrogens is 2. The molecule has 1 aromatic carbocycles. The molecule has 0 bridgehead atoms. The number of aryl methyl sites for hydroxylation is 1. The molecule has 3 rings (SSSR count). The number of carbonyl (C=O) groups excluding carboxylic acids is 1. The number of amides is 1. The molecule has 2 heterocycles. The van der Waals surface area contributed by atoms with Crippen LogP contribution in [0.1, 0.15) is 34.5 Å². The van der Waals surface area contributed by atoms with Crippen LogP contribution in [0.3, 0.4) is 0 Å². The van der Waals surface area contributed by atoms with Gasteiger partial charge < -0.3 is 10.2 Å². The van der Waals surface area contributed by atoms with Crippen molar-refractivity contribution in [1.29, 1.82) is 0 Å². The lowest BCUT2D eigenvalue weighted by Crippen LogP contribution is -2.26. The zero-order valence-electron chi connectivity index (χ0n) is 13.6. The third-order valence-electron chi connectivity index (χ3n) is 4.35. The van der Waals surface area contributed by atoms with Gasteiger partial charge in [0.05, 0.1) is 16.4 Å². The SMILES string of the molecule is Cc1n[nH]c(=O)c(C(=O)Nc2ccc(N3CCCC3)c(Cl)c2)c1C. The number of benzene rings is 1. The Hall–Kier alpha value is -2.34. The number of halogens is 1. The van der Waals surface area contributed by atoms with Crippen molar-refractivity contribution in [2.24, 2.45) is 0 Å². The Labute approximate surface area is 144 Å². The highest BCUT2D eigenvalue weighted by Gasteiger charge is 2.18.